The van der Waals surface area contributed by atoms with Crippen LogP contribution in [0.3, 0.4) is 0 Å². The zero-order valence-electron chi connectivity index (χ0n) is 9.19. The number of rotatable bonds is 2. The first-order chi connectivity index (χ1) is 8.77. The van der Waals surface area contributed by atoms with Gasteiger partial charge in [-0.15, -0.1) is 0 Å². The minimum atomic E-state index is -0.582. The second-order valence-corrected chi connectivity index (χ2v) is 3.61. The van der Waals surface area contributed by atoms with Gasteiger partial charge in [0, 0.05) is 11.6 Å². The maximum absolute atomic E-state index is 11.4. The Hall–Kier alpha value is -2.83. The van der Waals surface area contributed by atoms with E-state index in [9.17, 15) is 4.79 Å². The molecule has 0 aliphatic carbocycles. The summed E-state index contributed by atoms with van der Waals surface area (Å²) >= 11 is 0. The van der Waals surface area contributed by atoms with Gasteiger partial charge in [0.2, 0.25) is 0 Å². The Morgan fingerprint density at radius 2 is 1.94 bits per heavy atom. The molecular weight excluding hydrogens is 232 g/mol. The lowest BCUT2D eigenvalue weighted by atomic mass is 10.2. The van der Waals surface area contributed by atoms with E-state index in [0.717, 1.165) is 0 Å². The van der Waals surface area contributed by atoms with Crippen LogP contribution in [0, 0.1) is 0 Å². The number of hydrogen-bond donors (Lipinski definition) is 1. The van der Waals surface area contributed by atoms with Gasteiger partial charge in [-0.2, -0.15) is 5.10 Å². The third kappa shape index (κ3) is 1.49. The maximum Gasteiger partial charge on any atom is 0.269 e. The molecule has 0 aliphatic heterocycles. The van der Waals surface area contributed by atoms with Gasteiger partial charge < -0.3 is 5.73 Å². The number of nitrogens with zero attached hydrogens (tertiary/aromatic N) is 5. The number of carbonyl (C=O) groups is 1. The van der Waals surface area contributed by atoms with Crippen LogP contribution in [0.25, 0.3) is 16.6 Å². The summed E-state index contributed by atoms with van der Waals surface area (Å²) in [6.07, 6.45) is 7.81. The summed E-state index contributed by atoms with van der Waals surface area (Å²) in [6, 6.07) is 1.70. The van der Waals surface area contributed by atoms with Crippen LogP contribution in [0.15, 0.2) is 37.2 Å². The number of nitrogens with two attached hydrogens (primary N) is 1. The fraction of sp³-hybridized carbons (Fsp3) is 0. The highest BCUT2D eigenvalue weighted by atomic mass is 16.1. The highest BCUT2D eigenvalue weighted by molar-refractivity contribution is 6.04. The van der Waals surface area contributed by atoms with Gasteiger partial charge in [0.05, 0.1) is 24.1 Å². The lowest BCUT2D eigenvalue weighted by Gasteiger charge is -2.00. The molecule has 7 nitrogen and oxygen atoms in total. The van der Waals surface area contributed by atoms with Gasteiger partial charge in [0.15, 0.2) is 5.69 Å². The van der Waals surface area contributed by atoms with Gasteiger partial charge in [-0.1, -0.05) is 0 Å². The Kier molecular flexibility index (Phi) is 2.23. The fourth-order valence-electron chi connectivity index (χ4n) is 1.74. The lowest BCUT2D eigenvalue weighted by Crippen LogP contribution is -2.12. The highest BCUT2D eigenvalue weighted by Gasteiger charge is 2.15. The number of pyridine rings is 1. The number of primary amides is 1. The number of amides is 1. The third-order valence-electron chi connectivity index (χ3n) is 2.51. The van der Waals surface area contributed by atoms with Crippen molar-refractivity contribution in [3.05, 3.63) is 42.9 Å². The van der Waals surface area contributed by atoms with Crippen molar-refractivity contribution in [3.63, 3.8) is 0 Å². The molecule has 18 heavy (non-hydrogen) atoms. The van der Waals surface area contributed by atoms with Gasteiger partial charge in [0.25, 0.3) is 5.91 Å². The predicted molar refractivity (Wildman–Crippen MR) is 63.0 cm³/mol. The highest BCUT2D eigenvalue weighted by Crippen LogP contribution is 2.19. The average Bonchev–Trinajstić information content (AvgIpc) is 2.79. The topological polar surface area (TPSA) is 99.6 Å². The van der Waals surface area contributed by atoms with E-state index < -0.39 is 5.91 Å². The second kappa shape index (κ2) is 3.88. The largest absolute Gasteiger partial charge is 0.364 e. The molecule has 0 aromatic carbocycles. The van der Waals surface area contributed by atoms with Crippen molar-refractivity contribution in [3.8, 4) is 5.69 Å². The summed E-state index contributed by atoms with van der Waals surface area (Å²) in [6.45, 7) is 0. The first-order valence-corrected chi connectivity index (χ1v) is 5.15. The molecule has 1 amide bonds. The quantitative estimate of drug-likeness (QED) is 0.694. The van der Waals surface area contributed by atoms with E-state index in [1.807, 2.05) is 0 Å². The molecule has 7 heteroatoms. The number of aromatic nitrogens is 5. The van der Waals surface area contributed by atoms with E-state index in [4.69, 9.17) is 5.73 Å². The van der Waals surface area contributed by atoms with Crippen molar-refractivity contribution in [1.29, 1.82) is 0 Å². The molecule has 0 atom stereocenters. The third-order valence-corrected chi connectivity index (χ3v) is 2.51. The molecule has 0 saturated heterocycles. The van der Waals surface area contributed by atoms with Crippen LogP contribution in [-0.4, -0.2) is 30.6 Å². The number of fused-ring (bicyclic) bond motifs is 1. The molecule has 2 N–H and O–H groups in total. The minimum absolute atomic E-state index is 0.205. The van der Waals surface area contributed by atoms with E-state index >= 15 is 0 Å². The summed E-state index contributed by atoms with van der Waals surface area (Å²) in [5.74, 6) is -0.582. The normalized spacial score (nSPS) is 10.7. The van der Waals surface area contributed by atoms with Crippen LogP contribution in [0.4, 0.5) is 0 Å². The molecule has 0 unspecified atom stereocenters. The zero-order valence-corrected chi connectivity index (χ0v) is 9.19. The lowest BCUT2D eigenvalue weighted by molar-refractivity contribution is 0.0996. The van der Waals surface area contributed by atoms with Crippen molar-refractivity contribution in [2.24, 2.45) is 5.73 Å². The Bertz CT molecular complexity index is 721. The van der Waals surface area contributed by atoms with Crippen molar-refractivity contribution >= 4 is 16.8 Å². The molecule has 0 radical (unpaired) electrons. The molecule has 0 fully saturated rings. The van der Waals surface area contributed by atoms with Gasteiger partial charge >= 0.3 is 0 Å². The van der Waals surface area contributed by atoms with Crippen LogP contribution in [0.2, 0.25) is 0 Å². The van der Waals surface area contributed by atoms with E-state index in [1.54, 1.807) is 35.5 Å². The Morgan fingerprint density at radius 3 is 2.67 bits per heavy atom. The predicted octanol–water partition coefficient (Wildman–Crippen LogP) is 0.309. The van der Waals surface area contributed by atoms with Gasteiger partial charge in [0.1, 0.15) is 12.0 Å². The van der Waals surface area contributed by atoms with Gasteiger partial charge in [-0.25, -0.2) is 14.6 Å². The SMILES string of the molecule is NC(=O)c1nn(-c2cncnc2)c2cnccc12. The monoisotopic (exact) mass is 240 g/mol. The zero-order chi connectivity index (χ0) is 12.5. The van der Waals surface area contributed by atoms with Crippen LogP contribution in [0.1, 0.15) is 10.5 Å². The Balaban J connectivity index is 2.34. The smallest absolute Gasteiger partial charge is 0.269 e. The fourth-order valence-corrected chi connectivity index (χ4v) is 1.74. The molecule has 0 aliphatic rings. The van der Waals surface area contributed by atoms with Crippen LogP contribution >= 0.6 is 0 Å². The molecule has 0 spiro atoms. The molecule has 3 heterocycles. The molecule has 88 valence electrons. The molecular formula is C11H8N6O. The van der Waals surface area contributed by atoms with Crippen molar-refractivity contribution in [2.75, 3.05) is 0 Å². The first-order valence-electron chi connectivity index (χ1n) is 5.15. The summed E-state index contributed by atoms with van der Waals surface area (Å²) in [4.78, 5) is 23.2. The molecule has 3 aromatic rings. The van der Waals surface area contributed by atoms with E-state index in [1.165, 1.54) is 6.33 Å². The maximum atomic E-state index is 11.4. The Morgan fingerprint density at radius 1 is 1.17 bits per heavy atom. The summed E-state index contributed by atoms with van der Waals surface area (Å²) in [5, 5.41) is 4.84. The standard InChI is InChI=1S/C11H8N6O/c12-11(18)10-8-1-2-13-5-9(8)17(16-10)7-3-14-6-15-4-7/h1-6H,(H2,12,18). The second-order valence-electron chi connectivity index (χ2n) is 3.61. The molecule has 0 saturated carbocycles. The van der Waals surface area contributed by atoms with Gasteiger partial charge in [-0.3, -0.25) is 9.78 Å². The number of hydrogen-bond acceptors (Lipinski definition) is 5. The molecule has 3 aromatic heterocycles. The number of carbonyl (C=O) groups excluding carboxylic acids is 1. The summed E-state index contributed by atoms with van der Waals surface area (Å²) < 4.78 is 1.54. The average molecular weight is 240 g/mol. The summed E-state index contributed by atoms with van der Waals surface area (Å²) in [7, 11) is 0. The first kappa shape index (κ1) is 10.3. The van der Waals surface area contributed by atoms with E-state index in [-0.39, 0.29) is 5.69 Å². The Labute approximate surface area is 101 Å². The molecule has 3 rings (SSSR count). The minimum Gasteiger partial charge on any atom is -0.364 e. The van der Waals surface area contributed by atoms with Crippen LogP contribution in [-0.2, 0) is 0 Å². The molecule has 0 bridgehead atoms. The van der Waals surface area contributed by atoms with E-state index in [0.29, 0.717) is 16.6 Å². The summed E-state index contributed by atoms with van der Waals surface area (Å²) in [5.41, 5.74) is 6.83. The van der Waals surface area contributed by atoms with Crippen LogP contribution < -0.4 is 5.73 Å². The van der Waals surface area contributed by atoms with Crippen LogP contribution in [0.5, 0.6) is 0 Å². The van der Waals surface area contributed by atoms with Gasteiger partial charge in [-0.05, 0) is 6.07 Å². The van der Waals surface area contributed by atoms with Crippen molar-refractivity contribution < 1.29 is 4.79 Å². The van der Waals surface area contributed by atoms with E-state index in [2.05, 4.69) is 20.1 Å². The van der Waals surface area contributed by atoms with Crippen molar-refractivity contribution in [2.45, 2.75) is 0 Å². The van der Waals surface area contributed by atoms with Crippen molar-refractivity contribution in [1.82, 2.24) is 24.7 Å².